The Balaban J connectivity index is 1.41. The molecule has 202 valence electrons. The lowest BCUT2D eigenvalue weighted by atomic mass is 9.97. The van der Waals surface area contributed by atoms with E-state index in [4.69, 9.17) is 9.47 Å². The molecular weight excluding hydrogens is 526 g/mol. The van der Waals surface area contributed by atoms with Crippen LogP contribution in [0.2, 0.25) is 0 Å². The van der Waals surface area contributed by atoms with Crippen molar-refractivity contribution in [3.63, 3.8) is 0 Å². The van der Waals surface area contributed by atoms with Gasteiger partial charge < -0.3 is 14.8 Å². The number of carbonyl (C=O) groups excluding carboxylic acids is 2. The Bertz CT molecular complexity index is 1430. The molecule has 0 unspecified atom stereocenters. The lowest BCUT2D eigenvalue weighted by Crippen LogP contribution is -2.50. The van der Waals surface area contributed by atoms with Crippen LogP contribution in [0.1, 0.15) is 21.5 Å². The number of amides is 1. The number of thiophene rings is 1. The van der Waals surface area contributed by atoms with E-state index in [1.807, 2.05) is 42.3 Å². The highest BCUT2D eigenvalue weighted by molar-refractivity contribution is 7.89. The molecule has 1 saturated heterocycles. The summed E-state index contributed by atoms with van der Waals surface area (Å²) in [5, 5.41) is 5.15. The molecule has 4 rings (SSSR count). The standard InChI is InChI=1S/C27H31N3O6S2/c1-18-5-6-19(2)22(15-18)23-17-37-26(25(23)27(32)36-4)28-24(31)16-29-11-13-30(14-12-29)38(33,34)21-9-7-20(35-3)8-10-21/h5-10,15,17H,11-14,16H2,1-4H3,(H,28,31). The van der Waals surface area contributed by atoms with E-state index in [9.17, 15) is 18.0 Å². The fourth-order valence-electron chi connectivity index (χ4n) is 4.37. The van der Waals surface area contributed by atoms with Crippen molar-refractivity contribution in [1.29, 1.82) is 0 Å². The third kappa shape index (κ3) is 5.91. The highest BCUT2D eigenvalue weighted by Crippen LogP contribution is 2.38. The Morgan fingerprint density at radius 2 is 1.66 bits per heavy atom. The molecule has 9 nitrogen and oxygen atoms in total. The molecular formula is C27H31N3O6S2. The highest BCUT2D eigenvalue weighted by atomic mass is 32.2. The zero-order chi connectivity index (χ0) is 27.4. The van der Waals surface area contributed by atoms with Crippen LogP contribution in [0.3, 0.4) is 0 Å². The number of hydrogen-bond acceptors (Lipinski definition) is 8. The number of benzene rings is 2. The number of piperazine rings is 1. The van der Waals surface area contributed by atoms with Gasteiger partial charge in [0.25, 0.3) is 0 Å². The van der Waals surface area contributed by atoms with Crippen molar-refractivity contribution < 1.29 is 27.5 Å². The first-order valence-corrected chi connectivity index (χ1v) is 14.4. The summed E-state index contributed by atoms with van der Waals surface area (Å²) >= 11 is 1.28. The summed E-state index contributed by atoms with van der Waals surface area (Å²) in [5.41, 5.74) is 4.03. The van der Waals surface area contributed by atoms with Crippen LogP contribution in [0.5, 0.6) is 5.75 Å². The van der Waals surface area contributed by atoms with Crippen LogP contribution < -0.4 is 10.1 Å². The van der Waals surface area contributed by atoms with Crippen LogP contribution >= 0.6 is 11.3 Å². The summed E-state index contributed by atoms with van der Waals surface area (Å²) in [5.74, 6) is -0.215. The molecule has 1 N–H and O–H groups in total. The number of carbonyl (C=O) groups is 2. The second-order valence-electron chi connectivity index (χ2n) is 9.07. The van der Waals surface area contributed by atoms with Gasteiger partial charge in [0.15, 0.2) is 0 Å². The van der Waals surface area contributed by atoms with Gasteiger partial charge in [-0.1, -0.05) is 23.8 Å². The zero-order valence-electron chi connectivity index (χ0n) is 21.8. The van der Waals surface area contributed by atoms with Crippen LogP contribution in [-0.2, 0) is 19.6 Å². The second kappa shape index (κ2) is 11.6. The molecule has 11 heteroatoms. The lowest BCUT2D eigenvalue weighted by Gasteiger charge is -2.33. The quantitative estimate of drug-likeness (QED) is 0.421. The van der Waals surface area contributed by atoms with Crippen molar-refractivity contribution in [2.75, 3.05) is 52.3 Å². The maximum Gasteiger partial charge on any atom is 0.341 e. The molecule has 38 heavy (non-hydrogen) atoms. The fourth-order valence-corrected chi connectivity index (χ4v) is 6.76. The minimum absolute atomic E-state index is 0.0771. The number of rotatable bonds is 8. The summed E-state index contributed by atoms with van der Waals surface area (Å²) in [7, 11) is -0.792. The molecule has 1 aliphatic heterocycles. The van der Waals surface area contributed by atoms with E-state index in [1.165, 1.54) is 42.0 Å². The molecule has 1 aromatic heterocycles. The average molecular weight is 558 g/mol. The molecule has 1 amide bonds. The molecule has 0 radical (unpaired) electrons. The van der Waals surface area contributed by atoms with Gasteiger partial charge in [-0.05, 0) is 49.2 Å². The van der Waals surface area contributed by atoms with Crippen molar-refractivity contribution in [3.8, 4) is 16.9 Å². The van der Waals surface area contributed by atoms with E-state index < -0.39 is 16.0 Å². The van der Waals surface area contributed by atoms with Gasteiger partial charge in [-0.25, -0.2) is 13.2 Å². The maximum absolute atomic E-state index is 13.0. The molecule has 0 spiro atoms. The largest absolute Gasteiger partial charge is 0.497 e. The van der Waals surface area contributed by atoms with E-state index in [2.05, 4.69) is 5.32 Å². The van der Waals surface area contributed by atoms with Crippen LogP contribution in [0.25, 0.3) is 11.1 Å². The normalized spacial score (nSPS) is 14.7. The average Bonchev–Trinajstić information content (AvgIpc) is 3.32. The van der Waals surface area contributed by atoms with Crippen molar-refractivity contribution in [3.05, 3.63) is 64.5 Å². The lowest BCUT2D eigenvalue weighted by molar-refractivity contribution is -0.117. The summed E-state index contributed by atoms with van der Waals surface area (Å²) in [6, 6.07) is 12.3. The van der Waals surface area contributed by atoms with Crippen LogP contribution in [0.4, 0.5) is 5.00 Å². The van der Waals surface area contributed by atoms with E-state index in [0.29, 0.717) is 29.4 Å². The Morgan fingerprint density at radius 3 is 2.29 bits per heavy atom. The van der Waals surface area contributed by atoms with Gasteiger partial charge in [-0.15, -0.1) is 11.3 Å². The Morgan fingerprint density at radius 1 is 0.974 bits per heavy atom. The molecule has 2 aromatic carbocycles. The van der Waals surface area contributed by atoms with Crippen molar-refractivity contribution in [2.45, 2.75) is 18.7 Å². The molecule has 2 heterocycles. The van der Waals surface area contributed by atoms with Gasteiger partial charge in [0, 0.05) is 37.1 Å². The molecule has 1 aliphatic rings. The number of nitrogens with zero attached hydrogens (tertiary/aromatic N) is 2. The van der Waals surface area contributed by atoms with E-state index in [1.54, 1.807) is 12.1 Å². The minimum atomic E-state index is -3.63. The van der Waals surface area contributed by atoms with Gasteiger partial charge in [0.05, 0.1) is 25.7 Å². The topological polar surface area (TPSA) is 105 Å². The zero-order valence-corrected chi connectivity index (χ0v) is 23.4. The van der Waals surface area contributed by atoms with Crippen LogP contribution in [-0.4, -0.2) is 76.4 Å². The first-order valence-electron chi connectivity index (χ1n) is 12.1. The van der Waals surface area contributed by atoms with E-state index in [-0.39, 0.29) is 30.4 Å². The molecule has 1 fully saturated rings. The van der Waals surface area contributed by atoms with Crippen molar-refractivity contribution in [2.24, 2.45) is 0 Å². The number of anilines is 1. The highest BCUT2D eigenvalue weighted by Gasteiger charge is 2.30. The predicted octanol–water partition coefficient (Wildman–Crippen LogP) is 3.77. The second-order valence-corrected chi connectivity index (χ2v) is 11.9. The molecule has 3 aromatic rings. The van der Waals surface area contributed by atoms with E-state index >= 15 is 0 Å². The summed E-state index contributed by atoms with van der Waals surface area (Å²) in [4.78, 5) is 27.7. The summed E-state index contributed by atoms with van der Waals surface area (Å²) in [6.45, 7) is 5.39. The Kier molecular flexibility index (Phi) is 8.51. The third-order valence-electron chi connectivity index (χ3n) is 6.51. The van der Waals surface area contributed by atoms with E-state index in [0.717, 1.165) is 22.3 Å². The third-order valence-corrected chi connectivity index (χ3v) is 9.32. The molecule has 0 bridgehead atoms. The fraction of sp³-hybridized carbons (Fsp3) is 0.333. The smallest absolute Gasteiger partial charge is 0.341 e. The predicted molar refractivity (Wildman–Crippen MR) is 147 cm³/mol. The van der Waals surface area contributed by atoms with Gasteiger partial charge in [-0.2, -0.15) is 4.31 Å². The number of sulfonamides is 1. The number of aryl methyl sites for hydroxylation is 2. The van der Waals surface area contributed by atoms with Crippen LogP contribution in [0.15, 0.2) is 52.7 Å². The number of hydrogen-bond donors (Lipinski definition) is 1. The summed E-state index contributed by atoms with van der Waals surface area (Å²) in [6.07, 6.45) is 0. The number of nitrogens with one attached hydrogen (secondary N) is 1. The van der Waals surface area contributed by atoms with Crippen molar-refractivity contribution >= 4 is 38.2 Å². The number of ether oxygens (including phenoxy) is 2. The maximum atomic E-state index is 13.0. The minimum Gasteiger partial charge on any atom is -0.497 e. The molecule has 0 saturated carbocycles. The Hall–Kier alpha value is -3.25. The first kappa shape index (κ1) is 27.8. The van der Waals surface area contributed by atoms with Gasteiger partial charge in [-0.3, -0.25) is 9.69 Å². The first-order chi connectivity index (χ1) is 18.1. The molecule has 0 atom stereocenters. The number of methoxy groups -OCH3 is 2. The van der Waals surface area contributed by atoms with Crippen LogP contribution in [0, 0.1) is 13.8 Å². The SMILES string of the molecule is COC(=O)c1c(-c2cc(C)ccc2C)csc1NC(=O)CN1CCN(S(=O)(=O)c2ccc(OC)cc2)CC1. The monoisotopic (exact) mass is 557 g/mol. The Labute approximate surface area is 227 Å². The van der Waals surface area contributed by atoms with Crippen molar-refractivity contribution in [1.82, 2.24) is 9.21 Å². The van der Waals surface area contributed by atoms with Gasteiger partial charge in [0.2, 0.25) is 15.9 Å². The molecule has 0 aliphatic carbocycles. The summed E-state index contributed by atoms with van der Waals surface area (Å²) < 4.78 is 37.5. The number of esters is 1. The van der Waals surface area contributed by atoms with Gasteiger partial charge in [0.1, 0.15) is 16.3 Å². The van der Waals surface area contributed by atoms with Gasteiger partial charge >= 0.3 is 5.97 Å².